The third kappa shape index (κ3) is 17.1. The molecule has 0 heterocycles. The van der Waals surface area contributed by atoms with E-state index in [2.05, 4.69) is 48.7 Å². The molecule has 0 fully saturated rings. The summed E-state index contributed by atoms with van der Waals surface area (Å²) >= 11 is 0. The molecule has 0 spiro atoms. The number of carboxylic acid groups (broad SMARTS) is 1. The summed E-state index contributed by atoms with van der Waals surface area (Å²) in [5.74, 6) is -1.44. The number of hydrogen-bond acceptors (Lipinski definition) is 3. The number of nitrogens with zero attached hydrogens (tertiary/aromatic N) is 1. The fourth-order valence-corrected chi connectivity index (χ4v) is 2.48. The van der Waals surface area contributed by atoms with Gasteiger partial charge in [0.05, 0.1) is 0 Å². The first kappa shape index (κ1) is 25.6. The van der Waals surface area contributed by atoms with Crippen molar-refractivity contribution in [3.05, 3.63) is 36.5 Å². The fourth-order valence-electron chi connectivity index (χ4n) is 2.48. The second-order valence-electron chi connectivity index (χ2n) is 6.75. The first-order chi connectivity index (χ1) is 13.5. The quantitative estimate of drug-likeness (QED) is 0.164. The van der Waals surface area contributed by atoms with E-state index in [-0.39, 0.29) is 18.4 Å². The molecule has 0 radical (unpaired) electrons. The summed E-state index contributed by atoms with van der Waals surface area (Å²) in [6, 6.07) is 0. The number of rotatable bonds is 15. The van der Waals surface area contributed by atoms with Crippen LogP contribution in [0.3, 0.4) is 0 Å². The molecule has 0 atom stereocenters. The van der Waals surface area contributed by atoms with Crippen molar-refractivity contribution in [2.24, 2.45) is 0 Å². The smallest absolute Gasteiger partial charge is 0.323 e. The predicted molar refractivity (Wildman–Crippen MR) is 115 cm³/mol. The number of carbonyl (C=O) groups is 2. The minimum absolute atomic E-state index is 0.175. The summed E-state index contributed by atoms with van der Waals surface area (Å²) in [5, 5.41) is 18.7. The highest BCUT2D eigenvalue weighted by molar-refractivity contribution is 5.96. The van der Waals surface area contributed by atoms with Crippen molar-refractivity contribution in [3.63, 3.8) is 0 Å². The average molecular weight is 392 g/mol. The third-order valence-corrected chi connectivity index (χ3v) is 4.07. The van der Waals surface area contributed by atoms with Gasteiger partial charge in [-0.3, -0.25) is 20.3 Å². The van der Waals surface area contributed by atoms with Crippen molar-refractivity contribution in [3.8, 4) is 0 Å². The lowest BCUT2D eigenvalue weighted by Crippen LogP contribution is -2.43. The van der Waals surface area contributed by atoms with E-state index >= 15 is 0 Å². The molecule has 0 rings (SSSR count). The van der Waals surface area contributed by atoms with Crippen LogP contribution in [0.4, 0.5) is 0 Å². The Morgan fingerprint density at radius 2 is 1.50 bits per heavy atom. The van der Waals surface area contributed by atoms with Crippen LogP contribution in [0.15, 0.2) is 36.5 Å². The maximum Gasteiger partial charge on any atom is 0.323 e. The van der Waals surface area contributed by atoms with Gasteiger partial charge in [-0.25, -0.2) is 0 Å². The summed E-state index contributed by atoms with van der Waals surface area (Å²) < 4.78 is 0. The van der Waals surface area contributed by atoms with Crippen LogP contribution in [0.5, 0.6) is 0 Å². The Morgan fingerprint density at radius 1 is 0.929 bits per heavy atom. The molecule has 0 saturated carbocycles. The molecule has 0 unspecified atom stereocenters. The Bertz CT molecular complexity index is 539. The van der Waals surface area contributed by atoms with E-state index in [0.717, 1.165) is 57.8 Å². The Kier molecular flexibility index (Phi) is 16.5. The Morgan fingerprint density at radius 3 is 2.14 bits per heavy atom. The number of amides is 1. The molecule has 0 bridgehead atoms. The van der Waals surface area contributed by atoms with Gasteiger partial charge < -0.3 is 10.0 Å². The summed E-state index contributed by atoms with van der Waals surface area (Å²) in [6.07, 6.45) is 22.9. The first-order valence-electron chi connectivity index (χ1n) is 10.2. The van der Waals surface area contributed by atoms with Crippen LogP contribution in [0, 0.1) is 5.41 Å². The molecule has 1 amide bonds. The highest BCUT2D eigenvalue weighted by Crippen LogP contribution is 2.08. The number of guanidine groups is 1. The summed E-state index contributed by atoms with van der Waals surface area (Å²) in [4.78, 5) is 23.5. The predicted octanol–water partition coefficient (Wildman–Crippen LogP) is 4.64. The average Bonchev–Trinajstić information content (AvgIpc) is 2.64. The van der Waals surface area contributed by atoms with Crippen molar-refractivity contribution < 1.29 is 14.7 Å². The van der Waals surface area contributed by atoms with Crippen molar-refractivity contribution in [2.45, 2.75) is 71.1 Å². The second-order valence-corrected chi connectivity index (χ2v) is 6.75. The molecule has 0 aromatic carbocycles. The number of carboxylic acids is 1. The van der Waals surface area contributed by atoms with Gasteiger partial charge in [0.1, 0.15) is 6.54 Å². The fraction of sp³-hybridized carbons (Fsp3) is 0.591. The zero-order chi connectivity index (χ0) is 21.0. The van der Waals surface area contributed by atoms with Gasteiger partial charge in [0, 0.05) is 13.5 Å². The summed E-state index contributed by atoms with van der Waals surface area (Å²) in [7, 11) is 1.46. The number of likely N-dealkylation sites (N-methyl/N-ethyl adjacent to an activating group) is 1. The number of nitrogens with one attached hydrogen (secondary N) is 2. The molecule has 0 aromatic heterocycles. The molecule has 0 aromatic rings. The monoisotopic (exact) mass is 391 g/mol. The van der Waals surface area contributed by atoms with E-state index < -0.39 is 5.97 Å². The lowest BCUT2D eigenvalue weighted by molar-refractivity contribution is -0.137. The molecule has 0 aliphatic rings. The minimum Gasteiger partial charge on any atom is -0.480 e. The minimum atomic E-state index is -1.03. The van der Waals surface area contributed by atoms with Crippen molar-refractivity contribution in [2.75, 3.05) is 13.6 Å². The largest absolute Gasteiger partial charge is 0.480 e. The second kappa shape index (κ2) is 18.0. The van der Waals surface area contributed by atoms with Crippen LogP contribution in [-0.4, -0.2) is 41.4 Å². The number of unbranched alkanes of at least 4 members (excludes halogenated alkanes) is 5. The van der Waals surface area contributed by atoms with Crippen LogP contribution in [-0.2, 0) is 9.59 Å². The van der Waals surface area contributed by atoms with Crippen molar-refractivity contribution in [1.29, 1.82) is 5.41 Å². The van der Waals surface area contributed by atoms with Gasteiger partial charge in [-0.15, -0.1) is 0 Å². The van der Waals surface area contributed by atoms with Gasteiger partial charge in [0.25, 0.3) is 0 Å². The SMILES string of the molecule is CC/C=C\C/C=C\C/C=C\CCCCCCCC(=O)NC(=N)N(C)CC(=O)O. The van der Waals surface area contributed by atoms with Crippen LogP contribution in [0.2, 0.25) is 0 Å². The molecular formula is C22H37N3O3. The lowest BCUT2D eigenvalue weighted by Gasteiger charge is -2.17. The highest BCUT2D eigenvalue weighted by Gasteiger charge is 2.11. The van der Waals surface area contributed by atoms with E-state index in [1.54, 1.807) is 0 Å². The van der Waals surface area contributed by atoms with Gasteiger partial charge in [-0.05, 0) is 38.5 Å². The van der Waals surface area contributed by atoms with E-state index in [4.69, 9.17) is 10.5 Å². The Hall–Kier alpha value is -2.37. The van der Waals surface area contributed by atoms with Gasteiger partial charge >= 0.3 is 5.97 Å². The number of carbonyl (C=O) groups excluding carboxylic acids is 1. The Balaban J connectivity index is 3.55. The van der Waals surface area contributed by atoms with Crippen LogP contribution in [0.1, 0.15) is 71.1 Å². The summed E-state index contributed by atoms with van der Waals surface area (Å²) in [6.45, 7) is 1.83. The normalized spacial score (nSPS) is 11.5. The molecule has 158 valence electrons. The van der Waals surface area contributed by atoms with E-state index in [9.17, 15) is 9.59 Å². The third-order valence-electron chi connectivity index (χ3n) is 4.07. The van der Waals surface area contributed by atoms with Gasteiger partial charge in [0.15, 0.2) is 5.96 Å². The number of aliphatic carboxylic acids is 1. The lowest BCUT2D eigenvalue weighted by atomic mass is 10.1. The van der Waals surface area contributed by atoms with Gasteiger partial charge in [-0.1, -0.05) is 62.6 Å². The molecule has 3 N–H and O–H groups in total. The van der Waals surface area contributed by atoms with Crippen molar-refractivity contribution in [1.82, 2.24) is 10.2 Å². The van der Waals surface area contributed by atoms with Crippen LogP contribution < -0.4 is 5.32 Å². The standard InChI is InChI=1S/C22H37N3O3/c1-3-4-5-6-7-8-9-10-11-12-13-14-15-16-17-18-20(26)24-22(23)25(2)19-21(27)28/h4-5,7-8,10-11H,3,6,9,12-19H2,1-2H3,(H,27,28)(H2,23,24,26)/b5-4-,8-7-,11-10-. The first-order valence-corrected chi connectivity index (χ1v) is 10.2. The zero-order valence-electron chi connectivity index (χ0n) is 17.5. The van der Waals surface area contributed by atoms with E-state index in [1.807, 2.05) is 0 Å². The van der Waals surface area contributed by atoms with Crippen molar-refractivity contribution >= 4 is 17.8 Å². The maximum absolute atomic E-state index is 11.7. The van der Waals surface area contributed by atoms with Crippen LogP contribution in [0.25, 0.3) is 0 Å². The molecular weight excluding hydrogens is 354 g/mol. The summed E-state index contributed by atoms with van der Waals surface area (Å²) in [5.41, 5.74) is 0. The van der Waals surface area contributed by atoms with Gasteiger partial charge in [0.2, 0.25) is 5.91 Å². The molecule has 28 heavy (non-hydrogen) atoms. The van der Waals surface area contributed by atoms with Crippen LogP contribution >= 0.6 is 0 Å². The molecule has 0 aliphatic heterocycles. The van der Waals surface area contributed by atoms with E-state index in [0.29, 0.717) is 6.42 Å². The molecule has 6 heteroatoms. The molecule has 0 aliphatic carbocycles. The topological polar surface area (TPSA) is 93.5 Å². The Labute approximate surface area is 169 Å². The molecule has 0 saturated heterocycles. The number of allylic oxidation sites excluding steroid dienone is 6. The van der Waals surface area contributed by atoms with Gasteiger partial charge in [-0.2, -0.15) is 0 Å². The zero-order valence-corrected chi connectivity index (χ0v) is 17.5. The number of hydrogen-bond donors (Lipinski definition) is 3. The maximum atomic E-state index is 11.7. The highest BCUT2D eigenvalue weighted by atomic mass is 16.4. The van der Waals surface area contributed by atoms with E-state index in [1.165, 1.54) is 11.9 Å². The molecule has 6 nitrogen and oxygen atoms in total.